The highest BCUT2D eigenvalue weighted by Gasteiger charge is 2.26. The van der Waals surface area contributed by atoms with E-state index in [1.54, 1.807) is 17.0 Å². The summed E-state index contributed by atoms with van der Waals surface area (Å²) in [5.41, 5.74) is 4.29. The molecular weight excluding hydrogens is 324 g/mol. The summed E-state index contributed by atoms with van der Waals surface area (Å²) < 4.78 is 0. The van der Waals surface area contributed by atoms with Gasteiger partial charge in [-0.05, 0) is 48.6 Å². The first-order valence-electron chi connectivity index (χ1n) is 8.08. The van der Waals surface area contributed by atoms with Gasteiger partial charge in [0.1, 0.15) is 5.15 Å². The maximum absolute atomic E-state index is 12.7. The Morgan fingerprint density at radius 2 is 2.12 bits per heavy atom. The number of carbonyl (C=O) groups excluding carboxylic acids is 1. The van der Waals surface area contributed by atoms with E-state index in [0.717, 1.165) is 18.5 Å². The molecule has 5 nitrogen and oxygen atoms in total. The topological polar surface area (TPSA) is 57.6 Å². The molecular formula is C18H17ClN4O. The second-order valence-corrected chi connectivity index (χ2v) is 6.34. The maximum Gasteiger partial charge on any atom is 0.262 e. The van der Waals surface area contributed by atoms with Crippen molar-refractivity contribution in [1.29, 1.82) is 0 Å². The highest BCUT2D eigenvalue weighted by atomic mass is 35.5. The van der Waals surface area contributed by atoms with Gasteiger partial charge in [-0.25, -0.2) is 4.98 Å². The van der Waals surface area contributed by atoms with E-state index in [2.05, 4.69) is 33.5 Å². The van der Waals surface area contributed by atoms with Gasteiger partial charge in [-0.2, -0.15) is 0 Å². The molecule has 6 heteroatoms. The van der Waals surface area contributed by atoms with Crippen LogP contribution in [0.1, 0.15) is 27.9 Å². The van der Waals surface area contributed by atoms with Crippen LogP contribution < -0.4 is 5.32 Å². The second kappa shape index (κ2) is 6.24. The van der Waals surface area contributed by atoms with Gasteiger partial charge >= 0.3 is 0 Å². The van der Waals surface area contributed by atoms with Crippen molar-refractivity contribution in [3.05, 3.63) is 58.4 Å². The molecule has 1 N–H and O–H groups in total. The number of aliphatic imine (C=N–C) groups is 1. The lowest BCUT2D eigenvalue weighted by molar-refractivity contribution is 0.0857. The predicted molar refractivity (Wildman–Crippen MR) is 94.7 cm³/mol. The van der Waals surface area contributed by atoms with Crippen LogP contribution >= 0.6 is 11.6 Å². The van der Waals surface area contributed by atoms with Crippen LogP contribution in [0.3, 0.4) is 0 Å². The Balaban J connectivity index is 1.56. The number of guanidine groups is 1. The van der Waals surface area contributed by atoms with E-state index in [4.69, 9.17) is 11.6 Å². The summed E-state index contributed by atoms with van der Waals surface area (Å²) in [7, 11) is 0. The average molecular weight is 341 g/mol. The van der Waals surface area contributed by atoms with Crippen LogP contribution in [0.25, 0.3) is 0 Å². The van der Waals surface area contributed by atoms with Gasteiger partial charge in [0.25, 0.3) is 5.91 Å². The molecule has 2 aliphatic rings. The first-order valence-corrected chi connectivity index (χ1v) is 8.46. The molecule has 122 valence electrons. The van der Waals surface area contributed by atoms with E-state index in [9.17, 15) is 4.79 Å². The highest BCUT2D eigenvalue weighted by molar-refractivity contribution is 6.29. The number of anilines is 1. The van der Waals surface area contributed by atoms with Crippen molar-refractivity contribution in [2.75, 3.05) is 18.4 Å². The molecule has 0 fully saturated rings. The number of amides is 1. The number of nitrogens with one attached hydrogen (secondary N) is 1. The maximum atomic E-state index is 12.7. The fourth-order valence-electron chi connectivity index (χ4n) is 3.27. The lowest BCUT2D eigenvalue weighted by atomic mass is 10.1. The number of pyridine rings is 1. The number of carbonyl (C=O) groups is 1. The fourth-order valence-corrected chi connectivity index (χ4v) is 3.38. The first kappa shape index (κ1) is 15.1. The van der Waals surface area contributed by atoms with Crippen LogP contribution in [0.5, 0.6) is 0 Å². The zero-order chi connectivity index (χ0) is 16.5. The zero-order valence-electron chi connectivity index (χ0n) is 13.1. The lowest BCUT2D eigenvalue weighted by Crippen LogP contribution is -2.38. The number of aryl methyl sites for hydroxylation is 1. The Morgan fingerprint density at radius 1 is 1.21 bits per heavy atom. The Labute approximate surface area is 145 Å². The summed E-state index contributed by atoms with van der Waals surface area (Å²) in [6.07, 6.45) is 4.87. The third-order valence-corrected chi connectivity index (χ3v) is 4.68. The highest BCUT2D eigenvalue weighted by Crippen LogP contribution is 2.29. The first-order chi connectivity index (χ1) is 11.7. The van der Waals surface area contributed by atoms with Crippen molar-refractivity contribution < 1.29 is 4.79 Å². The number of fused-ring (bicyclic) bond motifs is 1. The molecule has 0 spiro atoms. The molecule has 0 unspecified atom stereocenters. The number of rotatable bonds is 2. The van der Waals surface area contributed by atoms with Crippen LogP contribution in [-0.4, -0.2) is 34.8 Å². The van der Waals surface area contributed by atoms with Gasteiger partial charge in [-0.1, -0.05) is 23.7 Å². The van der Waals surface area contributed by atoms with E-state index < -0.39 is 0 Å². The van der Waals surface area contributed by atoms with Gasteiger partial charge in [0, 0.05) is 18.4 Å². The van der Waals surface area contributed by atoms with E-state index in [0.29, 0.717) is 29.8 Å². The van der Waals surface area contributed by atoms with Gasteiger partial charge in [0.15, 0.2) is 0 Å². The zero-order valence-corrected chi connectivity index (χ0v) is 13.9. The van der Waals surface area contributed by atoms with E-state index in [1.165, 1.54) is 23.7 Å². The lowest BCUT2D eigenvalue weighted by Gasteiger charge is -2.20. The molecule has 0 atom stereocenters. The Bertz CT molecular complexity index is 816. The second-order valence-electron chi connectivity index (χ2n) is 5.95. The minimum Gasteiger partial charge on any atom is -0.326 e. The smallest absolute Gasteiger partial charge is 0.262 e. The van der Waals surface area contributed by atoms with Crippen molar-refractivity contribution in [1.82, 2.24) is 9.88 Å². The standard InChI is InChI=1S/C18H17ClN4O/c19-16-8-7-13(11-21-16)17(24)23-10-9-20-18(23)22-15-6-2-4-12-3-1-5-14(12)15/h2,4,6-8,11H,1,3,5,9-10H2,(H,20,22). The fraction of sp³-hybridized carbons (Fsp3) is 0.278. The van der Waals surface area contributed by atoms with Gasteiger partial charge < -0.3 is 5.32 Å². The Morgan fingerprint density at radius 3 is 2.96 bits per heavy atom. The van der Waals surface area contributed by atoms with Crippen molar-refractivity contribution in [3.63, 3.8) is 0 Å². The monoisotopic (exact) mass is 340 g/mol. The molecule has 0 radical (unpaired) electrons. The normalized spacial score (nSPS) is 16.0. The van der Waals surface area contributed by atoms with E-state index >= 15 is 0 Å². The number of aromatic nitrogens is 1. The van der Waals surface area contributed by atoms with Crippen molar-refractivity contribution in [3.8, 4) is 0 Å². The third-order valence-electron chi connectivity index (χ3n) is 4.45. The summed E-state index contributed by atoms with van der Waals surface area (Å²) >= 11 is 5.79. The van der Waals surface area contributed by atoms with Crippen LogP contribution in [0.15, 0.2) is 41.5 Å². The number of hydrogen-bond donors (Lipinski definition) is 1. The van der Waals surface area contributed by atoms with Crippen molar-refractivity contribution in [2.45, 2.75) is 19.3 Å². The average Bonchev–Trinajstić information content (AvgIpc) is 3.24. The Hall–Kier alpha value is -2.40. The largest absolute Gasteiger partial charge is 0.326 e. The third kappa shape index (κ3) is 2.76. The quantitative estimate of drug-likeness (QED) is 0.854. The number of benzene rings is 1. The molecule has 24 heavy (non-hydrogen) atoms. The summed E-state index contributed by atoms with van der Waals surface area (Å²) in [6, 6.07) is 9.59. The molecule has 1 aromatic carbocycles. The van der Waals surface area contributed by atoms with Crippen molar-refractivity contribution >= 4 is 29.2 Å². The molecule has 0 saturated heterocycles. The van der Waals surface area contributed by atoms with Crippen LogP contribution in [-0.2, 0) is 12.8 Å². The van der Waals surface area contributed by atoms with Gasteiger partial charge in [-0.15, -0.1) is 0 Å². The molecule has 4 rings (SSSR count). The minimum absolute atomic E-state index is 0.115. The molecule has 1 aromatic heterocycles. The van der Waals surface area contributed by atoms with Gasteiger partial charge in [0.2, 0.25) is 5.96 Å². The summed E-state index contributed by atoms with van der Waals surface area (Å²) in [6.45, 7) is 1.17. The van der Waals surface area contributed by atoms with Crippen LogP contribution in [0.2, 0.25) is 5.15 Å². The van der Waals surface area contributed by atoms with Crippen LogP contribution in [0, 0.1) is 0 Å². The van der Waals surface area contributed by atoms with Crippen molar-refractivity contribution in [2.24, 2.45) is 4.99 Å². The summed E-state index contributed by atoms with van der Waals surface area (Å²) in [5.74, 6) is 0.491. The van der Waals surface area contributed by atoms with E-state index in [1.807, 2.05) is 0 Å². The number of halogens is 1. The summed E-state index contributed by atoms with van der Waals surface area (Å²) in [5, 5.41) is 3.74. The molecule has 0 bridgehead atoms. The minimum atomic E-state index is -0.115. The molecule has 1 aliphatic heterocycles. The summed E-state index contributed by atoms with van der Waals surface area (Å²) in [4.78, 5) is 22.8. The molecule has 1 aliphatic carbocycles. The molecule has 0 saturated carbocycles. The predicted octanol–water partition coefficient (Wildman–Crippen LogP) is 3.15. The number of hydrogen-bond acceptors (Lipinski definition) is 4. The van der Waals surface area contributed by atoms with Gasteiger partial charge in [0.05, 0.1) is 12.1 Å². The molecule has 1 amide bonds. The molecule has 2 heterocycles. The van der Waals surface area contributed by atoms with Gasteiger partial charge in [-0.3, -0.25) is 14.7 Å². The SMILES string of the molecule is O=C(c1ccc(Cl)nc1)N1CCN=C1Nc1cccc2c1CCC2. The number of nitrogens with zero attached hydrogens (tertiary/aromatic N) is 3. The Kier molecular flexibility index (Phi) is 3.94. The van der Waals surface area contributed by atoms with Crippen LogP contribution in [0.4, 0.5) is 5.69 Å². The van der Waals surface area contributed by atoms with E-state index in [-0.39, 0.29) is 5.91 Å². The molecule has 2 aromatic rings.